The number of epoxide rings is 1. The number of rotatable bonds is 24. The number of likely N-dealkylation sites (N-methyl/N-ethyl adjacent to an activating group) is 2. The molecule has 0 aromatic carbocycles. The number of ketones is 1. The van der Waals surface area contributed by atoms with Crippen molar-refractivity contribution in [2.75, 3.05) is 100 Å². The molecule has 0 spiro atoms. The molecule has 1 saturated heterocycles. The van der Waals surface area contributed by atoms with E-state index in [4.69, 9.17) is 18.9 Å². The molecule has 1 heterocycles. The van der Waals surface area contributed by atoms with Gasteiger partial charge in [0, 0.05) is 38.4 Å². The van der Waals surface area contributed by atoms with Crippen LogP contribution in [0.4, 0.5) is 0 Å². The summed E-state index contributed by atoms with van der Waals surface area (Å²) in [5, 5.41) is 26.4. The number of aliphatic hydroxyl groups excluding tert-OH is 2. The van der Waals surface area contributed by atoms with Crippen molar-refractivity contribution < 1.29 is 52.5 Å². The fourth-order valence-corrected chi connectivity index (χ4v) is 4.25. The summed E-state index contributed by atoms with van der Waals surface area (Å²) in [7, 11) is 8.00. The third-order valence-electron chi connectivity index (χ3n) is 6.44. The number of nitrogens with one attached hydrogen (secondary N) is 2. The summed E-state index contributed by atoms with van der Waals surface area (Å²) in [6.45, 7) is 11.1. The molecule has 0 aromatic rings. The van der Waals surface area contributed by atoms with Crippen molar-refractivity contribution in [3.63, 3.8) is 0 Å². The van der Waals surface area contributed by atoms with E-state index in [2.05, 4.69) is 17.2 Å². The molecule has 0 aromatic heterocycles. The maximum absolute atomic E-state index is 11.6. The van der Waals surface area contributed by atoms with Crippen LogP contribution in [0.25, 0.3) is 0 Å². The number of carbonyl (C=O) groups excluding carboxylic acids is 3. The van der Waals surface area contributed by atoms with Crippen LogP contribution < -0.4 is 10.6 Å². The van der Waals surface area contributed by atoms with E-state index in [-0.39, 0.29) is 38.6 Å². The Morgan fingerprint density at radius 2 is 1.29 bits per heavy atom. The fraction of sp³-hybridized carbons (Fsp3) is 0.821. The lowest BCUT2D eigenvalue weighted by molar-refractivity contribution is -0.893. The van der Waals surface area contributed by atoms with Gasteiger partial charge in [0.2, 0.25) is 11.7 Å². The van der Waals surface area contributed by atoms with Crippen LogP contribution in [0.3, 0.4) is 0 Å². The molecule has 4 N–H and O–H groups in total. The maximum Gasteiger partial charge on any atom is 0.287 e. The Labute approximate surface area is 244 Å². The lowest BCUT2D eigenvalue weighted by Gasteiger charge is -2.32. The Balaban J connectivity index is 2.31. The highest BCUT2D eigenvalue weighted by molar-refractivity contribution is 6.35. The second-order valence-electron chi connectivity index (χ2n) is 12.1. The number of hydrogen-bond acceptors (Lipinski definition) is 9. The summed E-state index contributed by atoms with van der Waals surface area (Å²) in [6.07, 6.45) is -0.632. The van der Waals surface area contributed by atoms with Gasteiger partial charge in [-0.3, -0.25) is 14.4 Å². The molecule has 4 unspecified atom stereocenters. The first-order chi connectivity index (χ1) is 19.1. The first kappa shape index (κ1) is 37.1. The normalized spacial score (nSPS) is 17.4. The van der Waals surface area contributed by atoms with E-state index in [1.807, 2.05) is 28.2 Å². The summed E-state index contributed by atoms with van der Waals surface area (Å²) in [6, 6.07) is 0. The van der Waals surface area contributed by atoms with E-state index in [0.29, 0.717) is 60.3 Å². The monoisotopic (exact) mass is 590 g/mol. The Hall–Kier alpha value is -1.97. The summed E-state index contributed by atoms with van der Waals surface area (Å²) < 4.78 is 23.5. The largest absolute Gasteiger partial charge is 0.385 e. The second-order valence-corrected chi connectivity index (χ2v) is 12.1. The van der Waals surface area contributed by atoms with Gasteiger partial charge in [-0.05, 0) is 6.92 Å². The van der Waals surface area contributed by atoms with Crippen molar-refractivity contribution in [2.24, 2.45) is 0 Å². The smallest absolute Gasteiger partial charge is 0.287 e. The molecular weight excluding hydrogens is 536 g/mol. The van der Waals surface area contributed by atoms with Crippen LogP contribution in [0.15, 0.2) is 12.2 Å². The molecule has 1 rings (SSSR count). The van der Waals surface area contributed by atoms with E-state index >= 15 is 0 Å². The number of quaternary nitrogens is 2. The zero-order valence-electron chi connectivity index (χ0n) is 25.9. The molecule has 0 aliphatic carbocycles. The van der Waals surface area contributed by atoms with Gasteiger partial charge in [-0.25, -0.2) is 0 Å². The summed E-state index contributed by atoms with van der Waals surface area (Å²) in [5.74, 6) is -1.25. The molecule has 1 fully saturated rings. The van der Waals surface area contributed by atoms with Gasteiger partial charge in [-0.1, -0.05) is 6.58 Å². The SMILES string of the molecule is C=C(C)C(=O)NCCC[N+](C)(C)CC(O)COCC(COCC(O)C[N+](C)(C)CCCNC(=O)C(C)=O)OC1CO1. The minimum Gasteiger partial charge on any atom is -0.385 e. The predicted octanol–water partition coefficient (Wildman–Crippen LogP) is -1.19. The van der Waals surface area contributed by atoms with E-state index < -0.39 is 30.0 Å². The third kappa shape index (κ3) is 19.0. The molecule has 0 radical (unpaired) electrons. The molecule has 13 heteroatoms. The van der Waals surface area contributed by atoms with Crippen molar-refractivity contribution in [2.45, 2.75) is 51.3 Å². The molecule has 13 nitrogen and oxygen atoms in total. The van der Waals surface area contributed by atoms with Gasteiger partial charge in [0.15, 0.2) is 6.29 Å². The van der Waals surface area contributed by atoms with Crippen LogP contribution in [0, 0.1) is 0 Å². The average Bonchev–Trinajstić information content (AvgIpc) is 3.67. The van der Waals surface area contributed by atoms with Crippen molar-refractivity contribution in [1.82, 2.24) is 10.6 Å². The lowest BCUT2D eigenvalue weighted by atomic mass is 10.2. The molecule has 238 valence electrons. The summed E-state index contributed by atoms with van der Waals surface area (Å²) in [5.41, 5.74) is 0.481. The second kappa shape index (κ2) is 18.5. The van der Waals surface area contributed by atoms with Crippen LogP contribution in [0.1, 0.15) is 26.7 Å². The third-order valence-corrected chi connectivity index (χ3v) is 6.44. The highest BCUT2D eigenvalue weighted by atomic mass is 16.8. The summed E-state index contributed by atoms with van der Waals surface area (Å²) >= 11 is 0. The highest BCUT2D eigenvalue weighted by Gasteiger charge is 2.29. The Morgan fingerprint density at radius 1 is 0.854 bits per heavy atom. The van der Waals surface area contributed by atoms with Gasteiger partial charge in [0.05, 0.1) is 67.7 Å². The van der Waals surface area contributed by atoms with Gasteiger partial charge in [0.1, 0.15) is 38.0 Å². The highest BCUT2D eigenvalue weighted by Crippen LogP contribution is 2.14. The number of amides is 2. The van der Waals surface area contributed by atoms with Crippen LogP contribution in [0.5, 0.6) is 0 Å². The Kier molecular flexibility index (Phi) is 16.8. The zero-order chi connectivity index (χ0) is 31.1. The van der Waals surface area contributed by atoms with Gasteiger partial charge >= 0.3 is 0 Å². The fourth-order valence-electron chi connectivity index (χ4n) is 4.25. The number of hydrogen-bond donors (Lipinski definition) is 4. The van der Waals surface area contributed by atoms with E-state index in [1.54, 1.807) is 6.92 Å². The van der Waals surface area contributed by atoms with Gasteiger partial charge in [-0.15, -0.1) is 0 Å². The number of Topliss-reactive ketones (excluding diaryl/α,β-unsaturated/α-hetero) is 1. The average molecular weight is 591 g/mol. The predicted molar refractivity (Wildman–Crippen MR) is 153 cm³/mol. The molecular formula is C28H54N4O9+2. The van der Waals surface area contributed by atoms with Crippen LogP contribution in [0.2, 0.25) is 0 Å². The number of nitrogens with zero attached hydrogens (tertiary/aromatic N) is 2. The Morgan fingerprint density at radius 3 is 1.68 bits per heavy atom. The van der Waals surface area contributed by atoms with Crippen molar-refractivity contribution in [3.8, 4) is 0 Å². The van der Waals surface area contributed by atoms with Crippen molar-refractivity contribution in [1.29, 1.82) is 0 Å². The maximum atomic E-state index is 11.6. The van der Waals surface area contributed by atoms with Crippen LogP contribution >= 0.6 is 0 Å². The minimum atomic E-state index is -0.702. The van der Waals surface area contributed by atoms with Gasteiger partial charge in [0.25, 0.3) is 5.91 Å². The molecule has 1 aliphatic heterocycles. The molecule has 4 atom stereocenters. The molecule has 41 heavy (non-hydrogen) atoms. The molecule has 0 bridgehead atoms. The number of carbonyl (C=O) groups is 3. The van der Waals surface area contributed by atoms with Gasteiger partial charge < -0.3 is 48.8 Å². The number of aliphatic hydroxyl groups is 2. The Bertz CT molecular complexity index is 773. The lowest BCUT2D eigenvalue weighted by Crippen LogP contribution is -2.48. The van der Waals surface area contributed by atoms with Crippen LogP contribution in [-0.4, -0.2) is 162 Å². The first-order valence-electron chi connectivity index (χ1n) is 14.3. The minimum absolute atomic E-state index is 0.120. The quantitative estimate of drug-likeness (QED) is 0.0357. The zero-order valence-corrected chi connectivity index (χ0v) is 25.9. The van der Waals surface area contributed by atoms with E-state index in [9.17, 15) is 24.6 Å². The number of ether oxygens (including phenoxy) is 4. The molecule has 2 amide bonds. The van der Waals surface area contributed by atoms with Gasteiger partial charge in [-0.2, -0.15) is 0 Å². The van der Waals surface area contributed by atoms with E-state index in [0.717, 1.165) is 13.0 Å². The first-order valence-corrected chi connectivity index (χ1v) is 14.3. The summed E-state index contributed by atoms with van der Waals surface area (Å²) in [4.78, 5) is 33.9. The standard InChI is InChI=1S/C28H52N4O9/c1-21(2)27(36)29-10-8-12-31(4,5)14-23(34)16-38-18-25(41-26-20-40-26)19-39-17-24(35)15-32(6,7)13-9-11-30-28(37)22(3)33/h23-26,34-35H,1,8-20H2,2-7H3/p+2. The van der Waals surface area contributed by atoms with Crippen LogP contribution in [-0.2, 0) is 33.3 Å². The van der Waals surface area contributed by atoms with Crippen molar-refractivity contribution in [3.05, 3.63) is 12.2 Å². The molecule has 1 aliphatic rings. The van der Waals surface area contributed by atoms with E-state index in [1.165, 1.54) is 6.92 Å². The van der Waals surface area contributed by atoms with Crippen molar-refractivity contribution >= 4 is 17.6 Å². The molecule has 0 saturated carbocycles. The topological polar surface area (TPSA) is 156 Å².